The minimum atomic E-state index is -5.05. The van der Waals surface area contributed by atoms with Crippen molar-refractivity contribution < 1.29 is 30.4 Å². The van der Waals surface area contributed by atoms with Crippen molar-refractivity contribution in [2.24, 2.45) is 7.05 Å². The van der Waals surface area contributed by atoms with Gasteiger partial charge in [0.25, 0.3) is 9.84 Å². The van der Waals surface area contributed by atoms with Gasteiger partial charge in [-0.25, -0.2) is 13.4 Å². The summed E-state index contributed by atoms with van der Waals surface area (Å²) in [6.07, 6.45) is -4.74. The molecule has 0 fully saturated rings. The summed E-state index contributed by atoms with van der Waals surface area (Å²) in [5, 5.41) is 0. The zero-order valence-corrected chi connectivity index (χ0v) is 12.5. The van der Waals surface area contributed by atoms with Crippen LogP contribution in [0.3, 0.4) is 0 Å². The molecule has 0 aliphatic carbocycles. The lowest BCUT2D eigenvalue weighted by atomic mass is 10.3. The Morgan fingerprint density at radius 2 is 1.76 bits per heavy atom. The highest BCUT2D eigenvalue weighted by molar-refractivity contribution is 9.11. The molecule has 1 aromatic heterocycles. The van der Waals surface area contributed by atoms with E-state index in [-0.39, 0.29) is 11.0 Å². The first-order valence-corrected chi connectivity index (χ1v) is 7.48. The van der Waals surface area contributed by atoms with E-state index in [4.69, 9.17) is 0 Å². The van der Waals surface area contributed by atoms with Crippen LogP contribution >= 0.6 is 15.9 Å². The van der Waals surface area contributed by atoms with Crippen molar-refractivity contribution in [3.63, 3.8) is 0 Å². The number of fused-ring (bicyclic) bond motifs is 1. The minimum absolute atomic E-state index is 0.0286. The SMILES string of the molecule is Cn1c(C(F)(F)F)nc2cc(S(=O)(=O)C(F)(F)Br)ccc21. The lowest BCUT2D eigenvalue weighted by Gasteiger charge is -2.09. The van der Waals surface area contributed by atoms with Crippen molar-refractivity contribution in [2.75, 3.05) is 0 Å². The number of nitrogens with zero attached hydrogens (tertiary/aromatic N) is 2. The van der Waals surface area contributed by atoms with E-state index in [1.165, 1.54) is 0 Å². The van der Waals surface area contributed by atoms with Gasteiger partial charge in [0.15, 0.2) is 0 Å². The van der Waals surface area contributed by atoms with Gasteiger partial charge in [0, 0.05) is 23.0 Å². The van der Waals surface area contributed by atoms with Crippen molar-refractivity contribution >= 4 is 36.8 Å². The van der Waals surface area contributed by atoms with Crippen molar-refractivity contribution in [3.8, 4) is 0 Å². The monoisotopic (exact) mass is 392 g/mol. The second-order valence-corrected chi connectivity index (χ2v) is 7.60. The van der Waals surface area contributed by atoms with Gasteiger partial charge in [0.05, 0.1) is 15.9 Å². The molecule has 0 spiro atoms. The first kappa shape index (κ1) is 16.1. The summed E-state index contributed by atoms with van der Waals surface area (Å²) in [5.41, 5.74) is -0.373. The molecule has 21 heavy (non-hydrogen) atoms. The van der Waals surface area contributed by atoms with Crippen molar-refractivity contribution in [1.29, 1.82) is 0 Å². The van der Waals surface area contributed by atoms with E-state index in [1.54, 1.807) is 15.9 Å². The maximum atomic E-state index is 13.0. The summed E-state index contributed by atoms with van der Waals surface area (Å²) in [6, 6.07) is 2.47. The van der Waals surface area contributed by atoms with E-state index in [9.17, 15) is 30.4 Å². The molecule has 11 heteroatoms. The molecule has 2 rings (SSSR count). The summed E-state index contributed by atoms with van der Waals surface area (Å²) in [6.45, 7) is 0. The number of alkyl halides is 6. The van der Waals surface area contributed by atoms with Crippen LogP contribution in [0.4, 0.5) is 22.0 Å². The van der Waals surface area contributed by atoms with Gasteiger partial charge in [0.1, 0.15) is 0 Å². The van der Waals surface area contributed by atoms with Gasteiger partial charge in [-0.15, -0.1) is 0 Å². The van der Waals surface area contributed by atoms with Crippen LogP contribution in [0, 0.1) is 0 Å². The molecular weight excluding hydrogens is 387 g/mol. The molecule has 0 bridgehead atoms. The van der Waals surface area contributed by atoms with Crippen LogP contribution in [0.2, 0.25) is 0 Å². The van der Waals surface area contributed by atoms with Gasteiger partial charge in [-0.2, -0.15) is 22.0 Å². The van der Waals surface area contributed by atoms with Crippen LogP contribution in [0.1, 0.15) is 5.82 Å². The van der Waals surface area contributed by atoms with Gasteiger partial charge in [-0.1, -0.05) is 0 Å². The fourth-order valence-electron chi connectivity index (χ4n) is 1.73. The minimum Gasteiger partial charge on any atom is -0.323 e. The molecule has 0 atom stereocenters. The number of aryl methyl sites for hydroxylation is 1. The highest BCUT2D eigenvalue weighted by Crippen LogP contribution is 2.36. The Balaban J connectivity index is 2.70. The molecule has 0 radical (unpaired) electrons. The lowest BCUT2D eigenvalue weighted by Crippen LogP contribution is -2.21. The normalized spacial score (nSPS) is 13.9. The Hall–Kier alpha value is -1.23. The van der Waals surface area contributed by atoms with E-state index in [0.717, 1.165) is 19.2 Å². The summed E-state index contributed by atoms with van der Waals surface area (Å²) in [4.78, 5) is 2.42. The maximum Gasteiger partial charge on any atom is 0.449 e. The van der Waals surface area contributed by atoms with Gasteiger partial charge in [-0.3, -0.25) is 0 Å². The molecule has 116 valence electrons. The first-order chi connectivity index (χ1) is 9.35. The molecule has 0 aliphatic rings. The van der Waals surface area contributed by atoms with E-state index >= 15 is 0 Å². The molecule has 0 aliphatic heterocycles. The van der Waals surface area contributed by atoms with E-state index < -0.39 is 30.9 Å². The van der Waals surface area contributed by atoms with Crippen LogP contribution < -0.4 is 0 Å². The second-order valence-electron chi connectivity index (χ2n) is 4.09. The van der Waals surface area contributed by atoms with Crippen molar-refractivity contribution in [2.45, 2.75) is 15.2 Å². The van der Waals surface area contributed by atoms with Crippen LogP contribution in [0.15, 0.2) is 23.1 Å². The number of hydrogen-bond acceptors (Lipinski definition) is 3. The van der Waals surface area contributed by atoms with Crippen molar-refractivity contribution in [3.05, 3.63) is 24.0 Å². The fraction of sp³-hybridized carbons (Fsp3) is 0.300. The summed E-state index contributed by atoms with van der Waals surface area (Å²) in [7, 11) is -3.97. The number of aromatic nitrogens is 2. The predicted octanol–water partition coefficient (Wildman–Crippen LogP) is 3.31. The van der Waals surface area contributed by atoms with Crippen molar-refractivity contribution in [1.82, 2.24) is 9.55 Å². The number of benzene rings is 1. The Morgan fingerprint density at radius 1 is 1.19 bits per heavy atom. The molecular formula is C10H6BrF5N2O2S. The summed E-state index contributed by atoms with van der Waals surface area (Å²) >= 11 is 1.73. The molecule has 0 unspecified atom stereocenters. The van der Waals surface area contributed by atoms with E-state index in [2.05, 4.69) is 4.98 Å². The third-order valence-corrected chi connectivity index (χ3v) is 5.48. The number of imidazole rings is 1. The molecule has 0 saturated heterocycles. The van der Waals surface area contributed by atoms with Gasteiger partial charge in [0.2, 0.25) is 5.82 Å². The molecule has 1 heterocycles. The molecule has 1 aromatic carbocycles. The smallest absolute Gasteiger partial charge is 0.323 e. The standard InChI is InChI=1S/C10H6BrF5N2O2S/c1-18-7-3-2-5(21(19,20)10(11,15)16)4-6(7)17-8(18)9(12,13)14/h2-4H,1H3. The van der Waals surface area contributed by atoms with Gasteiger partial charge in [-0.05, 0) is 18.2 Å². The number of rotatable bonds is 2. The molecule has 2 aromatic rings. The molecule has 4 nitrogen and oxygen atoms in total. The Labute approximate surface area is 123 Å². The number of hydrogen-bond donors (Lipinski definition) is 0. The maximum absolute atomic E-state index is 13.0. The Morgan fingerprint density at radius 3 is 2.24 bits per heavy atom. The quantitative estimate of drug-likeness (QED) is 0.581. The summed E-state index contributed by atoms with van der Waals surface area (Å²) in [5.74, 6) is -1.25. The fourth-order valence-corrected chi connectivity index (χ4v) is 3.08. The predicted molar refractivity (Wildman–Crippen MR) is 66.8 cm³/mol. The zero-order chi connectivity index (χ0) is 16.2. The van der Waals surface area contributed by atoms with E-state index in [1.807, 2.05) is 0 Å². The Bertz CT molecular complexity index is 807. The lowest BCUT2D eigenvalue weighted by molar-refractivity contribution is -0.146. The molecule has 0 amide bonds. The van der Waals surface area contributed by atoms with Crippen LogP contribution in [0.25, 0.3) is 11.0 Å². The van der Waals surface area contributed by atoms with Gasteiger partial charge < -0.3 is 4.57 Å². The molecule has 0 N–H and O–H groups in total. The molecule has 0 saturated carbocycles. The van der Waals surface area contributed by atoms with E-state index in [0.29, 0.717) is 10.6 Å². The highest BCUT2D eigenvalue weighted by atomic mass is 79.9. The van der Waals surface area contributed by atoms with Crippen LogP contribution in [-0.4, -0.2) is 22.1 Å². The largest absolute Gasteiger partial charge is 0.449 e. The average molecular weight is 393 g/mol. The topological polar surface area (TPSA) is 52.0 Å². The van der Waals surface area contributed by atoms with Crippen LogP contribution in [-0.2, 0) is 23.1 Å². The highest BCUT2D eigenvalue weighted by Gasteiger charge is 2.43. The van der Waals surface area contributed by atoms with Crippen LogP contribution in [0.5, 0.6) is 0 Å². The summed E-state index contributed by atoms with van der Waals surface area (Å²) < 4.78 is 83.6. The average Bonchev–Trinajstić information content (AvgIpc) is 2.64. The zero-order valence-electron chi connectivity index (χ0n) is 10.1. The second kappa shape index (κ2) is 4.63. The number of sulfone groups is 1. The third-order valence-electron chi connectivity index (χ3n) is 2.72. The Kier molecular flexibility index (Phi) is 3.56. The third kappa shape index (κ3) is 2.63. The first-order valence-electron chi connectivity index (χ1n) is 5.21. The van der Waals surface area contributed by atoms with Gasteiger partial charge >= 0.3 is 10.3 Å². The number of halogens is 6.